The van der Waals surface area contributed by atoms with E-state index in [4.69, 9.17) is 12.2 Å². The van der Waals surface area contributed by atoms with Crippen LogP contribution in [-0.4, -0.2) is 16.7 Å². The lowest BCUT2D eigenvalue weighted by atomic mass is 10.1. The Morgan fingerprint density at radius 2 is 2.30 bits per heavy atom. The Morgan fingerprint density at radius 3 is 2.80 bits per heavy atom. The Bertz CT molecular complexity index is 222. The average Bonchev–Trinajstić information content (AvgIpc) is 1.82. The quantitative estimate of drug-likeness (QED) is 0.519. The fraction of sp³-hybridized carbons (Fsp3) is 0.500. The summed E-state index contributed by atoms with van der Waals surface area (Å²) in [5.41, 5.74) is 0.786. The van der Waals surface area contributed by atoms with Gasteiger partial charge < -0.3 is 5.32 Å². The van der Waals surface area contributed by atoms with Crippen LogP contribution >= 0.6 is 12.2 Å². The Kier molecular flexibility index (Phi) is 1.80. The van der Waals surface area contributed by atoms with Crippen LogP contribution < -0.4 is 5.32 Å². The normalized spacial score (nSPS) is 25.8. The third-order valence-electron chi connectivity index (χ3n) is 1.53. The monoisotopic (exact) mass is 156 g/mol. The highest BCUT2D eigenvalue weighted by molar-refractivity contribution is 7.80. The van der Waals surface area contributed by atoms with Crippen LogP contribution in [-0.2, 0) is 4.79 Å². The molecule has 0 aromatic rings. The van der Waals surface area contributed by atoms with Crippen molar-refractivity contribution in [3.63, 3.8) is 0 Å². The minimum Gasteiger partial charge on any atom is -0.301 e. The highest BCUT2D eigenvalue weighted by Gasteiger charge is 2.21. The minimum atomic E-state index is -0.133. The van der Waals surface area contributed by atoms with Crippen LogP contribution in [0.1, 0.15) is 13.8 Å². The molecule has 0 aromatic carbocycles. The first kappa shape index (κ1) is 7.34. The van der Waals surface area contributed by atoms with Gasteiger partial charge in [-0.25, -0.2) is 4.99 Å². The number of nitrogens with zero attached hydrogens (tertiary/aromatic N) is 1. The largest absolute Gasteiger partial charge is 0.301 e. The third-order valence-corrected chi connectivity index (χ3v) is 1.72. The topological polar surface area (TPSA) is 41.5 Å². The number of rotatable bonds is 0. The van der Waals surface area contributed by atoms with Crippen molar-refractivity contribution >= 4 is 28.9 Å². The second-order valence-corrected chi connectivity index (χ2v) is 2.66. The van der Waals surface area contributed by atoms with E-state index in [9.17, 15) is 4.79 Å². The molecule has 0 fully saturated rings. The summed E-state index contributed by atoms with van der Waals surface area (Å²) in [5.74, 6) is -0.191. The van der Waals surface area contributed by atoms with Crippen molar-refractivity contribution in [3.05, 3.63) is 0 Å². The minimum absolute atomic E-state index is 0.0579. The van der Waals surface area contributed by atoms with E-state index in [2.05, 4.69) is 10.3 Å². The summed E-state index contributed by atoms with van der Waals surface area (Å²) in [5, 5.41) is 2.74. The molecule has 1 rings (SSSR count). The summed E-state index contributed by atoms with van der Waals surface area (Å²) < 4.78 is 0. The second-order valence-electron chi connectivity index (χ2n) is 2.27. The van der Waals surface area contributed by atoms with Gasteiger partial charge in [0.15, 0.2) is 5.11 Å². The van der Waals surface area contributed by atoms with Gasteiger partial charge >= 0.3 is 0 Å². The van der Waals surface area contributed by atoms with Gasteiger partial charge in [-0.15, -0.1) is 0 Å². The van der Waals surface area contributed by atoms with E-state index in [1.807, 2.05) is 0 Å². The zero-order valence-electron chi connectivity index (χ0n) is 5.84. The van der Waals surface area contributed by atoms with E-state index in [0.29, 0.717) is 0 Å². The number of thiocarbonyl (C=S) groups is 1. The molecule has 0 saturated heterocycles. The predicted molar refractivity (Wildman–Crippen MR) is 43.0 cm³/mol. The number of hydrogen-bond donors (Lipinski definition) is 1. The average molecular weight is 156 g/mol. The van der Waals surface area contributed by atoms with Gasteiger partial charge in [0, 0.05) is 5.71 Å². The molecule has 0 unspecified atom stereocenters. The molecule has 0 saturated carbocycles. The molecule has 0 radical (unpaired) electrons. The van der Waals surface area contributed by atoms with E-state index < -0.39 is 0 Å². The predicted octanol–water partition coefficient (Wildman–Crippen LogP) is 0.498. The van der Waals surface area contributed by atoms with Crippen molar-refractivity contribution < 1.29 is 4.79 Å². The van der Waals surface area contributed by atoms with Crippen LogP contribution in [0.5, 0.6) is 0 Å². The van der Waals surface area contributed by atoms with E-state index in [0.717, 1.165) is 5.71 Å². The number of nitrogens with one attached hydrogen (secondary N) is 1. The molecular formula is C6H8N2OS. The van der Waals surface area contributed by atoms with Crippen molar-refractivity contribution in [1.82, 2.24) is 5.32 Å². The molecule has 0 aromatic heterocycles. The van der Waals surface area contributed by atoms with Gasteiger partial charge in [0.2, 0.25) is 5.91 Å². The molecule has 1 aliphatic heterocycles. The molecule has 1 aliphatic rings. The Labute approximate surface area is 64.5 Å². The molecule has 1 atom stereocenters. The van der Waals surface area contributed by atoms with E-state index in [1.54, 1.807) is 13.8 Å². The van der Waals surface area contributed by atoms with Gasteiger partial charge in [0.25, 0.3) is 0 Å². The summed E-state index contributed by atoms with van der Waals surface area (Å²) in [7, 11) is 0. The highest BCUT2D eigenvalue weighted by Crippen LogP contribution is 2.04. The number of carbonyl (C=O) groups is 1. The molecule has 54 valence electrons. The van der Waals surface area contributed by atoms with Crippen LogP contribution in [0, 0.1) is 5.92 Å². The van der Waals surface area contributed by atoms with Crippen molar-refractivity contribution in [2.24, 2.45) is 10.9 Å². The molecule has 4 heteroatoms. The molecule has 1 heterocycles. The second kappa shape index (κ2) is 2.46. The van der Waals surface area contributed by atoms with Crippen molar-refractivity contribution in [3.8, 4) is 0 Å². The lowest BCUT2D eigenvalue weighted by molar-refractivity contribution is -0.121. The van der Waals surface area contributed by atoms with Crippen molar-refractivity contribution in [2.75, 3.05) is 0 Å². The smallest absolute Gasteiger partial charge is 0.234 e. The summed E-state index contributed by atoms with van der Waals surface area (Å²) >= 11 is 4.69. The zero-order valence-corrected chi connectivity index (χ0v) is 6.66. The van der Waals surface area contributed by atoms with E-state index in [-0.39, 0.29) is 16.9 Å². The number of amides is 1. The number of aliphatic imine (C=N–C) groups is 1. The van der Waals surface area contributed by atoms with Gasteiger partial charge in [-0.1, -0.05) is 0 Å². The van der Waals surface area contributed by atoms with Crippen LogP contribution in [0.4, 0.5) is 0 Å². The Hall–Kier alpha value is -0.770. The summed E-state index contributed by atoms with van der Waals surface area (Å²) in [6.07, 6.45) is 0. The summed E-state index contributed by atoms with van der Waals surface area (Å²) in [6, 6.07) is 0. The standard InChI is InChI=1S/C6H8N2OS/c1-3-4(2)7-6(10)8-5(3)9/h3H,1-2H3,(H,8,9,10)/t3-/m1/s1. The molecule has 3 nitrogen and oxygen atoms in total. The summed E-state index contributed by atoms with van der Waals surface area (Å²) in [6.45, 7) is 3.60. The van der Waals surface area contributed by atoms with Gasteiger partial charge in [0.1, 0.15) is 0 Å². The van der Waals surface area contributed by atoms with Gasteiger partial charge in [0.05, 0.1) is 5.92 Å². The maximum atomic E-state index is 10.9. The lowest BCUT2D eigenvalue weighted by Gasteiger charge is -2.16. The summed E-state index contributed by atoms with van der Waals surface area (Å²) in [4.78, 5) is 14.9. The molecular weight excluding hydrogens is 148 g/mol. The van der Waals surface area contributed by atoms with Crippen LogP contribution in [0.3, 0.4) is 0 Å². The van der Waals surface area contributed by atoms with E-state index >= 15 is 0 Å². The van der Waals surface area contributed by atoms with Gasteiger partial charge in [-0.3, -0.25) is 4.79 Å². The van der Waals surface area contributed by atoms with Crippen LogP contribution in [0.25, 0.3) is 0 Å². The fourth-order valence-electron chi connectivity index (χ4n) is 0.688. The zero-order chi connectivity index (χ0) is 7.72. The maximum absolute atomic E-state index is 10.9. The molecule has 0 aliphatic carbocycles. The third kappa shape index (κ3) is 1.21. The van der Waals surface area contributed by atoms with Crippen molar-refractivity contribution in [2.45, 2.75) is 13.8 Å². The number of hydrogen-bond acceptors (Lipinski definition) is 2. The Balaban J connectivity index is 2.91. The molecule has 1 N–H and O–H groups in total. The van der Waals surface area contributed by atoms with Crippen molar-refractivity contribution in [1.29, 1.82) is 0 Å². The molecule has 0 spiro atoms. The maximum Gasteiger partial charge on any atom is 0.234 e. The molecule has 0 bridgehead atoms. The van der Waals surface area contributed by atoms with E-state index in [1.165, 1.54) is 0 Å². The first-order chi connectivity index (χ1) is 4.61. The fourth-order valence-corrected chi connectivity index (χ4v) is 0.933. The first-order valence-electron chi connectivity index (χ1n) is 3.01. The number of carbonyl (C=O) groups excluding carboxylic acids is 1. The van der Waals surface area contributed by atoms with Crippen LogP contribution in [0.15, 0.2) is 4.99 Å². The molecule has 1 amide bonds. The highest BCUT2D eigenvalue weighted by atomic mass is 32.1. The molecule has 10 heavy (non-hydrogen) atoms. The first-order valence-corrected chi connectivity index (χ1v) is 3.42. The van der Waals surface area contributed by atoms with Crippen LogP contribution in [0.2, 0.25) is 0 Å². The SMILES string of the molecule is CC1=NC(=S)NC(=O)[C@@H]1C. The Morgan fingerprint density at radius 1 is 1.70 bits per heavy atom. The van der Waals surface area contributed by atoms with Gasteiger partial charge in [-0.2, -0.15) is 0 Å². The lowest BCUT2D eigenvalue weighted by Crippen LogP contribution is -2.40. The van der Waals surface area contributed by atoms with Gasteiger partial charge in [-0.05, 0) is 26.1 Å².